The highest BCUT2D eigenvalue weighted by Crippen LogP contribution is 2.24. The summed E-state index contributed by atoms with van der Waals surface area (Å²) in [6, 6.07) is 8.25. The molecule has 0 N–H and O–H groups in total. The normalized spacial score (nSPS) is 22.9. The number of hydrogen-bond acceptors (Lipinski definition) is 2. The van der Waals surface area contributed by atoms with Crippen LogP contribution >= 0.6 is 0 Å². The smallest absolute Gasteiger partial charge is 0.147 e. The molecule has 0 bridgehead atoms. The van der Waals surface area contributed by atoms with Crippen LogP contribution in [0.3, 0.4) is 0 Å². The average molecular weight is 164 g/mol. The van der Waals surface area contributed by atoms with E-state index in [0.717, 1.165) is 0 Å². The Balaban J connectivity index is 2.26. The van der Waals surface area contributed by atoms with Crippen LogP contribution in [0.15, 0.2) is 24.3 Å². The molecule has 0 saturated carbocycles. The fraction of sp³-hybridized carbons (Fsp3) is 0.400. The maximum Gasteiger partial charge on any atom is 0.147 e. The molecule has 1 unspecified atom stereocenters. The van der Waals surface area contributed by atoms with Crippen molar-refractivity contribution in [3.05, 3.63) is 35.4 Å². The first kappa shape index (κ1) is 7.77. The second-order valence-corrected chi connectivity index (χ2v) is 3.00. The summed E-state index contributed by atoms with van der Waals surface area (Å²) in [6.07, 6.45) is 0.145. The fourth-order valence-corrected chi connectivity index (χ4v) is 1.46. The van der Waals surface area contributed by atoms with Gasteiger partial charge in [0.15, 0.2) is 0 Å². The van der Waals surface area contributed by atoms with Crippen molar-refractivity contribution in [1.82, 2.24) is 0 Å². The van der Waals surface area contributed by atoms with E-state index >= 15 is 0 Å². The third kappa shape index (κ3) is 1.36. The van der Waals surface area contributed by atoms with Crippen LogP contribution in [0.4, 0.5) is 0 Å². The third-order valence-electron chi connectivity index (χ3n) is 2.16. The van der Waals surface area contributed by atoms with Crippen LogP contribution in [0.25, 0.3) is 0 Å². The Hall–Kier alpha value is -0.860. The fourth-order valence-electron chi connectivity index (χ4n) is 1.46. The Morgan fingerprint density at radius 3 is 2.83 bits per heavy atom. The summed E-state index contributed by atoms with van der Waals surface area (Å²) < 4.78 is 10.5. The monoisotopic (exact) mass is 164 g/mol. The lowest BCUT2D eigenvalue weighted by molar-refractivity contribution is 0.0464. The molecule has 1 saturated heterocycles. The summed E-state index contributed by atoms with van der Waals surface area (Å²) in [6.45, 7) is 3.21. The zero-order valence-corrected chi connectivity index (χ0v) is 7.12. The molecule has 1 fully saturated rings. The molecule has 1 atom stereocenters. The van der Waals surface area contributed by atoms with Crippen LogP contribution in [-0.4, -0.2) is 13.4 Å². The van der Waals surface area contributed by atoms with Crippen molar-refractivity contribution in [3.63, 3.8) is 0 Å². The quantitative estimate of drug-likeness (QED) is 0.632. The van der Waals surface area contributed by atoms with E-state index in [1.165, 1.54) is 11.1 Å². The van der Waals surface area contributed by atoms with E-state index in [0.29, 0.717) is 13.4 Å². The highest BCUT2D eigenvalue weighted by atomic mass is 16.7. The summed E-state index contributed by atoms with van der Waals surface area (Å²) >= 11 is 0. The van der Waals surface area contributed by atoms with E-state index in [1.807, 2.05) is 12.1 Å². The van der Waals surface area contributed by atoms with Crippen molar-refractivity contribution < 1.29 is 9.47 Å². The Morgan fingerprint density at radius 1 is 1.33 bits per heavy atom. The lowest BCUT2D eigenvalue weighted by atomic mass is 10.0. The van der Waals surface area contributed by atoms with E-state index in [4.69, 9.17) is 9.47 Å². The predicted octanol–water partition coefficient (Wildman–Crippen LogP) is 2.04. The van der Waals surface area contributed by atoms with Gasteiger partial charge in [0.2, 0.25) is 0 Å². The summed E-state index contributed by atoms with van der Waals surface area (Å²) in [5.41, 5.74) is 2.52. The highest BCUT2D eigenvalue weighted by Gasteiger charge is 2.19. The average Bonchev–Trinajstić information content (AvgIpc) is 2.57. The zero-order valence-electron chi connectivity index (χ0n) is 7.12. The van der Waals surface area contributed by atoms with Crippen molar-refractivity contribution in [3.8, 4) is 0 Å². The molecule has 1 aliphatic heterocycles. The van der Waals surface area contributed by atoms with Gasteiger partial charge in [-0.15, -0.1) is 0 Å². The first-order chi connectivity index (χ1) is 5.88. The number of ether oxygens (including phenoxy) is 2. The van der Waals surface area contributed by atoms with Crippen molar-refractivity contribution in [2.75, 3.05) is 13.4 Å². The van der Waals surface area contributed by atoms with E-state index in [2.05, 4.69) is 19.1 Å². The number of hydrogen-bond donors (Lipinski definition) is 0. The zero-order chi connectivity index (χ0) is 8.39. The molecule has 64 valence electrons. The Kier molecular flexibility index (Phi) is 2.11. The molecule has 1 aliphatic rings. The van der Waals surface area contributed by atoms with Crippen LogP contribution in [0, 0.1) is 6.92 Å². The van der Waals surface area contributed by atoms with Crippen molar-refractivity contribution >= 4 is 0 Å². The lowest BCUT2D eigenvalue weighted by Crippen LogP contribution is -2.01. The number of rotatable bonds is 1. The molecule has 1 aromatic rings. The number of benzene rings is 1. The van der Waals surface area contributed by atoms with Gasteiger partial charge in [-0.25, -0.2) is 0 Å². The second kappa shape index (κ2) is 3.25. The Bertz CT molecular complexity index is 264. The SMILES string of the molecule is Cc1ccccc1C1COCO1. The minimum absolute atomic E-state index is 0.145. The summed E-state index contributed by atoms with van der Waals surface area (Å²) in [4.78, 5) is 0. The van der Waals surface area contributed by atoms with Gasteiger partial charge in [0, 0.05) is 0 Å². The maximum absolute atomic E-state index is 5.40. The molecular formula is C10H12O2. The van der Waals surface area contributed by atoms with E-state index < -0.39 is 0 Å². The molecule has 2 heteroatoms. The standard InChI is InChI=1S/C10H12O2/c1-8-4-2-3-5-9(8)10-6-11-7-12-10/h2-5,10H,6-7H2,1H3. The molecule has 0 spiro atoms. The minimum Gasteiger partial charge on any atom is -0.352 e. The van der Waals surface area contributed by atoms with Gasteiger partial charge in [0.1, 0.15) is 12.9 Å². The summed E-state index contributed by atoms with van der Waals surface area (Å²) in [5, 5.41) is 0. The molecule has 2 rings (SSSR count). The first-order valence-electron chi connectivity index (χ1n) is 4.13. The van der Waals surface area contributed by atoms with Crippen LogP contribution in [0.1, 0.15) is 17.2 Å². The van der Waals surface area contributed by atoms with E-state index in [1.54, 1.807) is 0 Å². The van der Waals surface area contributed by atoms with Crippen LogP contribution < -0.4 is 0 Å². The van der Waals surface area contributed by atoms with Gasteiger partial charge in [0.25, 0.3) is 0 Å². The molecule has 0 amide bonds. The van der Waals surface area contributed by atoms with Gasteiger partial charge in [-0.05, 0) is 18.1 Å². The summed E-state index contributed by atoms with van der Waals surface area (Å²) in [5.74, 6) is 0. The maximum atomic E-state index is 5.40. The van der Waals surface area contributed by atoms with E-state index in [-0.39, 0.29) is 6.10 Å². The molecule has 1 aromatic carbocycles. The molecule has 1 heterocycles. The third-order valence-corrected chi connectivity index (χ3v) is 2.16. The largest absolute Gasteiger partial charge is 0.352 e. The predicted molar refractivity (Wildman–Crippen MR) is 45.8 cm³/mol. The topological polar surface area (TPSA) is 18.5 Å². The molecule has 12 heavy (non-hydrogen) atoms. The highest BCUT2D eigenvalue weighted by molar-refractivity contribution is 5.28. The van der Waals surface area contributed by atoms with Gasteiger partial charge in [-0.2, -0.15) is 0 Å². The molecular weight excluding hydrogens is 152 g/mol. The van der Waals surface area contributed by atoms with Crippen molar-refractivity contribution in [2.24, 2.45) is 0 Å². The Labute approximate surface area is 72.1 Å². The summed E-state index contributed by atoms with van der Waals surface area (Å²) in [7, 11) is 0. The van der Waals surface area contributed by atoms with Crippen LogP contribution in [0.5, 0.6) is 0 Å². The van der Waals surface area contributed by atoms with Gasteiger partial charge >= 0.3 is 0 Å². The van der Waals surface area contributed by atoms with Gasteiger partial charge in [0.05, 0.1) is 6.61 Å². The molecule has 0 aliphatic carbocycles. The van der Waals surface area contributed by atoms with Crippen LogP contribution in [-0.2, 0) is 9.47 Å². The lowest BCUT2D eigenvalue weighted by Gasteiger charge is -2.10. The molecule has 0 radical (unpaired) electrons. The van der Waals surface area contributed by atoms with Crippen molar-refractivity contribution in [2.45, 2.75) is 13.0 Å². The molecule has 2 nitrogen and oxygen atoms in total. The Morgan fingerprint density at radius 2 is 2.17 bits per heavy atom. The minimum atomic E-state index is 0.145. The van der Waals surface area contributed by atoms with Gasteiger partial charge < -0.3 is 9.47 Å². The van der Waals surface area contributed by atoms with Crippen LogP contribution in [0.2, 0.25) is 0 Å². The number of aryl methyl sites for hydroxylation is 1. The van der Waals surface area contributed by atoms with Gasteiger partial charge in [-0.1, -0.05) is 24.3 Å². The van der Waals surface area contributed by atoms with Crippen molar-refractivity contribution in [1.29, 1.82) is 0 Å². The molecule has 0 aromatic heterocycles. The second-order valence-electron chi connectivity index (χ2n) is 3.00. The first-order valence-corrected chi connectivity index (χ1v) is 4.13. The van der Waals surface area contributed by atoms with Gasteiger partial charge in [-0.3, -0.25) is 0 Å². The van der Waals surface area contributed by atoms with E-state index in [9.17, 15) is 0 Å².